The molecule has 1 fully saturated rings. The smallest absolute Gasteiger partial charge is 0.292 e. The molecule has 1 atom stereocenters. The lowest BCUT2D eigenvalue weighted by molar-refractivity contribution is 0.0746. The van der Waals surface area contributed by atoms with Crippen molar-refractivity contribution in [3.8, 4) is 0 Å². The predicted molar refractivity (Wildman–Crippen MR) is 83.6 cm³/mol. The second-order valence-electron chi connectivity index (χ2n) is 6.56. The first-order valence-electron chi connectivity index (χ1n) is 8.46. The quantitative estimate of drug-likeness (QED) is 0.841. The number of allylic oxidation sites excluding steroid dienone is 3. The lowest BCUT2D eigenvalue weighted by Gasteiger charge is -2.18. The van der Waals surface area contributed by atoms with Crippen molar-refractivity contribution >= 4 is 5.91 Å². The van der Waals surface area contributed by atoms with E-state index in [0.717, 1.165) is 69.3 Å². The summed E-state index contributed by atoms with van der Waals surface area (Å²) < 4.78 is 5.40. The Morgan fingerprint density at radius 3 is 3.05 bits per heavy atom. The number of carbonyl (C=O) groups is 1. The van der Waals surface area contributed by atoms with Crippen molar-refractivity contribution in [3.63, 3.8) is 0 Å². The molecule has 1 saturated heterocycles. The van der Waals surface area contributed by atoms with Crippen LogP contribution in [0.5, 0.6) is 0 Å². The number of fused-ring (bicyclic) bond motifs is 1. The number of hydrogen-bond donors (Lipinski definition) is 0. The highest BCUT2D eigenvalue weighted by Crippen LogP contribution is 2.30. The van der Waals surface area contributed by atoms with Crippen LogP contribution in [-0.2, 0) is 12.8 Å². The van der Waals surface area contributed by atoms with Crippen LogP contribution in [0.2, 0.25) is 0 Å². The lowest BCUT2D eigenvalue weighted by Crippen LogP contribution is -2.29. The summed E-state index contributed by atoms with van der Waals surface area (Å²) in [5, 5.41) is 4.11. The molecule has 4 heteroatoms. The first-order valence-corrected chi connectivity index (χ1v) is 8.46. The number of carbonyl (C=O) groups excluding carboxylic acids is 1. The van der Waals surface area contributed by atoms with Crippen molar-refractivity contribution in [2.75, 3.05) is 13.1 Å². The Hall–Kier alpha value is -1.84. The van der Waals surface area contributed by atoms with E-state index in [1.807, 2.05) is 4.90 Å². The largest absolute Gasteiger partial charge is 0.350 e. The van der Waals surface area contributed by atoms with Crippen LogP contribution in [0.3, 0.4) is 0 Å². The average molecular weight is 298 g/mol. The van der Waals surface area contributed by atoms with Crippen LogP contribution >= 0.6 is 0 Å². The Bertz CT molecular complexity index is 642. The van der Waals surface area contributed by atoms with Crippen molar-refractivity contribution in [1.29, 1.82) is 0 Å². The molecule has 1 aliphatic heterocycles. The minimum Gasteiger partial charge on any atom is -0.350 e. The van der Waals surface area contributed by atoms with Gasteiger partial charge in [0.15, 0.2) is 0 Å². The topological polar surface area (TPSA) is 46.3 Å². The van der Waals surface area contributed by atoms with Crippen molar-refractivity contribution in [2.24, 2.45) is 5.92 Å². The van der Waals surface area contributed by atoms with Crippen LogP contribution in [0.15, 0.2) is 28.3 Å². The maximum Gasteiger partial charge on any atom is 0.292 e. The van der Waals surface area contributed by atoms with Crippen molar-refractivity contribution in [1.82, 2.24) is 10.1 Å². The maximum absolute atomic E-state index is 12.8. The SMILES string of the molecule is O=C(c1onc2c1CCCC2)N1CCC(C2=CCCC=C2)C1. The van der Waals surface area contributed by atoms with Gasteiger partial charge in [-0.2, -0.15) is 0 Å². The zero-order valence-corrected chi connectivity index (χ0v) is 12.9. The lowest BCUT2D eigenvalue weighted by atomic mass is 9.93. The van der Waals surface area contributed by atoms with Gasteiger partial charge in [-0.1, -0.05) is 23.4 Å². The Balaban J connectivity index is 1.49. The number of hydrogen-bond acceptors (Lipinski definition) is 3. The fourth-order valence-electron chi connectivity index (χ4n) is 3.86. The van der Waals surface area contributed by atoms with Gasteiger partial charge in [0, 0.05) is 24.6 Å². The van der Waals surface area contributed by atoms with E-state index in [1.54, 1.807) is 0 Å². The van der Waals surface area contributed by atoms with Crippen LogP contribution in [0.4, 0.5) is 0 Å². The van der Waals surface area contributed by atoms with E-state index >= 15 is 0 Å². The molecule has 0 aromatic carbocycles. The normalized spacial score (nSPS) is 24.3. The molecular weight excluding hydrogens is 276 g/mol. The van der Waals surface area contributed by atoms with Crippen LogP contribution < -0.4 is 0 Å². The van der Waals surface area contributed by atoms with E-state index in [-0.39, 0.29) is 5.91 Å². The van der Waals surface area contributed by atoms with Gasteiger partial charge in [-0.25, -0.2) is 0 Å². The molecule has 0 spiro atoms. The van der Waals surface area contributed by atoms with Gasteiger partial charge in [0.2, 0.25) is 5.76 Å². The standard InChI is InChI=1S/C18H22N2O2/c21-18(17-15-8-4-5-9-16(15)19-22-17)20-11-10-14(12-20)13-6-2-1-3-7-13/h2,6-7,14H,1,3-5,8-12H2. The van der Waals surface area contributed by atoms with Crippen LogP contribution in [0.25, 0.3) is 0 Å². The molecule has 116 valence electrons. The minimum absolute atomic E-state index is 0.0403. The fourth-order valence-corrected chi connectivity index (χ4v) is 3.86. The summed E-state index contributed by atoms with van der Waals surface area (Å²) >= 11 is 0. The summed E-state index contributed by atoms with van der Waals surface area (Å²) in [6.07, 6.45) is 14.3. The Morgan fingerprint density at radius 2 is 2.18 bits per heavy atom. The van der Waals surface area contributed by atoms with Gasteiger partial charge < -0.3 is 9.42 Å². The number of amides is 1. The molecule has 1 amide bonds. The molecule has 4 nitrogen and oxygen atoms in total. The third kappa shape index (κ3) is 2.40. The summed E-state index contributed by atoms with van der Waals surface area (Å²) in [5.41, 5.74) is 3.47. The first kappa shape index (κ1) is 13.8. The highest BCUT2D eigenvalue weighted by molar-refractivity contribution is 5.93. The van der Waals surface area contributed by atoms with Crippen LogP contribution in [-0.4, -0.2) is 29.1 Å². The third-order valence-electron chi connectivity index (χ3n) is 5.12. The molecule has 0 saturated carbocycles. The second-order valence-corrected chi connectivity index (χ2v) is 6.56. The maximum atomic E-state index is 12.8. The van der Waals surface area contributed by atoms with E-state index in [1.165, 1.54) is 5.57 Å². The Kier molecular flexibility index (Phi) is 3.60. The van der Waals surface area contributed by atoms with Gasteiger partial charge in [0.25, 0.3) is 5.91 Å². The number of likely N-dealkylation sites (tertiary alicyclic amines) is 1. The molecule has 2 aliphatic carbocycles. The zero-order valence-electron chi connectivity index (χ0n) is 12.9. The van der Waals surface area contributed by atoms with E-state index in [2.05, 4.69) is 23.4 Å². The molecule has 3 aliphatic rings. The number of rotatable bonds is 2. The molecule has 4 rings (SSSR count). The fraction of sp³-hybridized carbons (Fsp3) is 0.556. The molecule has 1 unspecified atom stereocenters. The molecule has 0 bridgehead atoms. The molecule has 22 heavy (non-hydrogen) atoms. The summed E-state index contributed by atoms with van der Waals surface area (Å²) in [5.74, 6) is 1.03. The monoisotopic (exact) mass is 298 g/mol. The summed E-state index contributed by atoms with van der Waals surface area (Å²) in [7, 11) is 0. The number of aromatic nitrogens is 1. The molecule has 0 N–H and O–H groups in total. The number of aryl methyl sites for hydroxylation is 1. The Morgan fingerprint density at radius 1 is 1.27 bits per heavy atom. The van der Waals surface area contributed by atoms with Gasteiger partial charge in [-0.05, 0) is 50.5 Å². The van der Waals surface area contributed by atoms with Gasteiger partial charge >= 0.3 is 0 Å². The van der Waals surface area contributed by atoms with Gasteiger partial charge in [-0.3, -0.25) is 4.79 Å². The van der Waals surface area contributed by atoms with E-state index in [4.69, 9.17) is 4.52 Å². The second kappa shape index (κ2) is 5.75. The van der Waals surface area contributed by atoms with Gasteiger partial charge in [0.05, 0.1) is 5.69 Å². The van der Waals surface area contributed by atoms with Crippen LogP contribution in [0, 0.1) is 5.92 Å². The van der Waals surface area contributed by atoms with Crippen molar-refractivity contribution < 1.29 is 9.32 Å². The molecule has 1 aromatic rings. The van der Waals surface area contributed by atoms with E-state index < -0.39 is 0 Å². The van der Waals surface area contributed by atoms with E-state index in [0.29, 0.717) is 11.7 Å². The van der Waals surface area contributed by atoms with E-state index in [9.17, 15) is 4.79 Å². The molecular formula is C18H22N2O2. The molecule has 0 radical (unpaired) electrons. The predicted octanol–water partition coefficient (Wildman–Crippen LogP) is 3.29. The summed E-state index contributed by atoms with van der Waals surface area (Å²) in [6, 6.07) is 0. The van der Waals surface area contributed by atoms with Gasteiger partial charge in [-0.15, -0.1) is 0 Å². The Labute approximate surface area is 130 Å². The molecule has 1 aromatic heterocycles. The van der Waals surface area contributed by atoms with Crippen LogP contribution in [0.1, 0.15) is 53.9 Å². The first-order chi connectivity index (χ1) is 10.8. The highest BCUT2D eigenvalue weighted by Gasteiger charge is 2.33. The zero-order chi connectivity index (χ0) is 14.9. The minimum atomic E-state index is 0.0403. The van der Waals surface area contributed by atoms with Crippen molar-refractivity contribution in [2.45, 2.75) is 44.9 Å². The third-order valence-corrected chi connectivity index (χ3v) is 5.12. The molecule has 2 heterocycles. The number of nitrogens with zero attached hydrogens (tertiary/aromatic N) is 2. The summed E-state index contributed by atoms with van der Waals surface area (Å²) in [6.45, 7) is 1.63. The van der Waals surface area contributed by atoms with Gasteiger partial charge in [0.1, 0.15) is 0 Å². The average Bonchev–Trinajstić information content (AvgIpc) is 3.22. The highest BCUT2D eigenvalue weighted by atomic mass is 16.5. The van der Waals surface area contributed by atoms with Crippen molar-refractivity contribution in [3.05, 3.63) is 40.8 Å². The summed E-state index contributed by atoms with van der Waals surface area (Å²) in [4.78, 5) is 14.7.